The van der Waals surface area contributed by atoms with Gasteiger partial charge in [-0.05, 0) is 34.9 Å². The van der Waals surface area contributed by atoms with E-state index in [2.05, 4.69) is 5.32 Å². The summed E-state index contributed by atoms with van der Waals surface area (Å²) >= 11 is 0. The van der Waals surface area contributed by atoms with Crippen LogP contribution in [0.1, 0.15) is 16.7 Å². The van der Waals surface area contributed by atoms with Crippen molar-refractivity contribution >= 4 is 11.8 Å². The average molecular weight is 424 g/mol. The predicted octanol–water partition coefficient (Wildman–Crippen LogP) is 3.30. The molecule has 0 fully saturated rings. The highest BCUT2D eigenvalue weighted by Crippen LogP contribution is 2.17. The number of hydrogen-bond acceptors (Lipinski definition) is 3. The van der Waals surface area contributed by atoms with Crippen LogP contribution in [0, 0.1) is 11.6 Å². The molecule has 3 rings (SSSR count). The van der Waals surface area contributed by atoms with Gasteiger partial charge in [0, 0.05) is 12.5 Å². The highest BCUT2D eigenvalue weighted by molar-refractivity contribution is 5.87. The molecule has 3 N–H and O–H groups in total. The van der Waals surface area contributed by atoms with E-state index in [0.717, 1.165) is 17.2 Å². The Morgan fingerprint density at radius 2 is 1.68 bits per heavy atom. The standard InChI is InChI=1S/C24H22F2N2O3/c25-19-10-9-18(21(26)14-19)13-23(29)28-22(24(27)30)12-17-7-4-8-20(11-17)31-15-16-5-2-1-3-6-16/h1-11,14,22H,12-13,15H2,(H2,27,30)(H,28,29)/t22-/m1/s1. The van der Waals surface area contributed by atoms with Gasteiger partial charge in [0.1, 0.15) is 30.0 Å². The zero-order chi connectivity index (χ0) is 22.2. The minimum absolute atomic E-state index is 0.0263. The molecule has 0 saturated heterocycles. The third-order valence-electron chi connectivity index (χ3n) is 4.63. The maximum absolute atomic E-state index is 13.8. The van der Waals surface area contributed by atoms with Gasteiger partial charge in [-0.25, -0.2) is 8.78 Å². The number of halogens is 2. The van der Waals surface area contributed by atoms with Crippen molar-refractivity contribution in [3.8, 4) is 5.75 Å². The van der Waals surface area contributed by atoms with Gasteiger partial charge in [0.25, 0.3) is 0 Å². The van der Waals surface area contributed by atoms with Gasteiger partial charge in [0.05, 0.1) is 6.42 Å². The molecule has 160 valence electrons. The lowest BCUT2D eigenvalue weighted by Gasteiger charge is -2.16. The Morgan fingerprint density at radius 1 is 0.935 bits per heavy atom. The number of nitrogens with two attached hydrogens (primary N) is 1. The van der Waals surface area contributed by atoms with Gasteiger partial charge in [-0.3, -0.25) is 9.59 Å². The first kappa shape index (κ1) is 22.0. The second-order valence-corrected chi connectivity index (χ2v) is 7.06. The van der Waals surface area contributed by atoms with Crippen LogP contribution < -0.4 is 15.8 Å². The number of benzene rings is 3. The number of ether oxygens (including phenoxy) is 1. The Bertz CT molecular complexity index is 1060. The van der Waals surface area contributed by atoms with Crippen molar-refractivity contribution in [2.24, 2.45) is 5.73 Å². The number of amides is 2. The molecule has 0 saturated carbocycles. The number of hydrogen-bond donors (Lipinski definition) is 2. The Balaban J connectivity index is 1.61. The molecule has 0 heterocycles. The maximum atomic E-state index is 13.8. The fourth-order valence-electron chi connectivity index (χ4n) is 3.04. The SMILES string of the molecule is NC(=O)[C@@H](Cc1cccc(OCc2ccccc2)c1)NC(=O)Cc1ccc(F)cc1F. The number of carbonyl (C=O) groups excluding carboxylic acids is 2. The number of rotatable bonds is 9. The first-order valence-corrected chi connectivity index (χ1v) is 9.69. The van der Waals surface area contributed by atoms with E-state index in [1.54, 1.807) is 24.3 Å². The summed E-state index contributed by atoms with van der Waals surface area (Å²) in [4.78, 5) is 24.1. The van der Waals surface area contributed by atoms with E-state index in [-0.39, 0.29) is 18.4 Å². The summed E-state index contributed by atoms with van der Waals surface area (Å²) in [5, 5.41) is 2.52. The molecule has 3 aromatic carbocycles. The van der Waals surface area contributed by atoms with Crippen LogP contribution in [0.2, 0.25) is 0 Å². The van der Waals surface area contributed by atoms with Gasteiger partial charge < -0.3 is 15.8 Å². The van der Waals surface area contributed by atoms with E-state index < -0.39 is 29.5 Å². The highest BCUT2D eigenvalue weighted by Gasteiger charge is 2.20. The van der Waals surface area contributed by atoms with Crippen molar-refractivity contribution in [1.82, 2.24) is 5.32 Å². The van der Waals surface area contributed by atoms with Crippen molar-refractivity contribution in [2.45, 2.75) is 25.5 Å². The summed E-state index contributed by atoms with van der Waals surface area (Å²) in [6.45, 7) is 0.392. The quantitative estimate of drug-likeness (QED) is 0.553. The van der Waals surface area contributed by atoms with Crippen LogP contribution in [0.3, 0.4) is 0 Å². The third-order valence-corrected chi connectivity index (χ3v) is 4.63. The predicted molar refractivity (Wildman–Crippen MR) is 112 cm³/mol. The topological polar surface area (TPSA) is 81.4 Å². The van der Waals surface area contributed by atoms with E-state index in [0.29, 0.717) is 18.4 Å². The second kappa shape index (κ2) is 10.3. The molecule has 3 aromatic rings. The monoisotopic (exact) mass is 424 g/mol. The first-order chi connectivity index (χ1) is 14.9. The Hall–Kier alpha value is -3.74. The number of carbonyl (C=O) groups is 2. The maximum Gasteiger partial charge on any atom is 0.240 e. The van der Waals surface area contributed by atoms with E-state index in [4.69, 9.17) is 10.5 Å². The fraction of sp³-hybridized carbons (Fsp3) is 0.167. The van der Waals surface area contributed by atoms with Crippen LogP contribution in [0.25, 0.3) is 0 Å². The fourth-order valence-corrected chi connectivity index (χ4v) is 3.04. The van der Waals surface area contributed by atoms with Crippen LogP contribution in [0.15, 0.2) is 72.8 Å². The summed E-state index contributed by atoms with van der Waals surface area (Å²) < 4.78 is 32.6. The molecule has 0 aromatic heterocycles. The van der Waals surface area contributed by atoms with E-state index in [9.17, 15) is 18.4 Å². The van der Waals surface area contributed by atoms with Crippen LogP contribution in [0.4, 0.5) is 8.78 Å². The molecule has 5 nitrogen and oxygen atoms in total. The smallest absolute Gasteiger partial charge is 0.240 e. The van der Waals surface area contributed by atoms with Gasteiger partial charge in [-0.2, -0.15) is 0 Å². The molecule has 0 unspecified atom stereocenters. The normalized spacial score (nSPS) is 11.5. The molecule has 0 aliphatic heterocycles. The minimum atomic E-state index is -0.986. The Labute approximate surface area is 178 Å². The van der Waals surface area contributed by atoms with Gasteiger partial charge >= 0.3 is 0 Å². The van der Waals surface area contributed by atoms with Gasteiger partial charge in [-0.15, -0.1) is 0 Å². The minimum Gasteiger partial charge on any atom is -0.489 e. The molecule has 0 bridgehead atoms. The summed E-state index contributed by atoms with van der Waals surface area (Å²) in [5.74, 6) is -2.25. The molecular formula is C24H22F2N2O3. The largest absolute Gasteiger partial charge is 0.489 e. The molecule has 0 radical (unpaired) electrons. The Kier molecular flexibility index (Phi) is 7.32. The van der Waals surface area contributed by atoms with Crippen molar-refractivity contribution in [1.29, 1.82) is 0 Å². The van der Waals surface area contributed by atoms with Crippen molar-refractivity contribution in [3.63, 3.8) is 0 Å². The van der Waals surface area contributed by atoms with Crippen molar-refractivity contribution in [2.75, 3.05) is 0 Å². The number of primary amides is 1. The molecule has 0 aliphatic carbocycles. The van der Waals surface area contributed by atoms with E-state index in [1.807, 2.05) is 30.3 Å². The molecule has 1 atom stereocenters. The van der Waals surface area contributed by atoms with Gasteiger partial charge in [0.15, 0.2) is 0 Å². The average Bonchev–Trinajstić information content (AvgIpc) is 2.75. The zero-order valence-corrected chi connectivity index (χ0v) is 16.7. The Morgan fingerprint density at radius 3 is 2.39 bits per heavy atom. The third kappa shape index (κ3) is 6.64. The number of nitrogens with one attached hydrogen (secondary N) is 1. The summed E-state index contributed by atoms with van der Waals surface area (Å²) in [6.07, 6.45) is -0.189. The molecule has 31 heavy (non-hydrogen) atoms. The molecule has 0 aliphatic rings. The van der Waals surface area contributed by atoms with Crippen LogP contribution >= 0.6 is 0 Å². The van der Waals surface area contributed by atoms with Gasteiger partial charge in [-0.1, -0.05) is 48.5 Å². The van der Waals surface area contributed by atoms with Crippen molar-refractivity contribution < 1.29 is 23.1 Å². The highest BCUT2D eigenvalue weighted by atomic mass is 19.1. The van der Waals surface area contributed by atoms with E-state index in [1.165, 1.54) is 6.07 Å². The summed E-state index contributed by atoms with van der Waals surface area (Å²) in [5.41, 5.74) is 7.22. The molecule has 7 heteroatoms. The van der Waals surface area contributed by atoms with Crippen LogP contribution in [-0.4, -0.2) is 17.9 Å². The summed E-state index contributed by atoms with van der Waals surface area (Å²) in [7, 11) is 0. The van der Waals surface area contributed by atoms with E-state index >= 15 is 0 Å². The molecule has 0 spiro atoms. The van der Waals surface area contributed by atoms with Gasteiger partial charge in [0.2, 0.25) is 11.8 Å². The lowest BCUT2D eigenvalue weighted by atomic mass is 10.0. The molecular weight excluding hydrogens is 402 g/mol. The zero-order valence-electron chi connectivity index (χ0n) is 16.7. The first-order valence-electron chi connectivity index (χ1n) is 9.69. The van der Waals surface area contributed by atoms with Crippen molar-refractivity contribution in [3.05, 3.63) is 101 Å². The van der Waals surface area contributed by atoms with Crippen LogP contribution in [-0.2, 0) is 29.0 Å². The molecule has 2 amide bonds. The summed E-state index contributed by atoms with van der Waals surface area (Å²) in [6, 6.07) is 18.8. The second-order valence-electron chi connectivity index (χ2n) is 7.06. The lowest BCUT2D eigenvalue weighted by Crippen LogP contribution is -2.46. The lowest BCUT2D eigenvalue weighted by molar-refractivity contribution is -0.127. The van der Waals surface area contributed by atoms with Crippen LogP contribution in [0.5, 0.6) is 5.75 Å².